The first kappa shape index (κ1) is 24.9. The molecule has 2 aliphatic rings. The number of carbonyl (C=O) groups is 2. The van der Waals surface area contributed by atoms with Crippen molar-refractivity contribution in [3.63, 3.8) is 0 Å². The van der Waals surface area contributed by atoms with Crippen LogP contribution >= 0.6 is 0 Å². The number of rotatable bonds is 2. The van der Waals surface area contributed by atoms with Gasteiger partial charge in [-0.3, -0.25) is 9.59 Å². The van der Waals surface area contributed by atoms with Gasteiger partial charge in [-0.2, -0.15) is 0 Å². The zero-order valence-corrected chi connectivity index (χ0v) is 21.7. The van der Waals surface area contributed by atoms with Crippen molar-refractivity contribution in [1.29, 1.82) is 0 Å². The van der Waals surface area contributed by atoms with Crippen LogP contribution in [0.15, 0.2) is 55.0 Å². The van der Waals surface area contributed by atoms with Crippen LogP contribution in [0.5, 0.6) is 11.5 Å². The Labute approximate surface area is 217 Å². The average Bonchev–Trinajstić information content (AvgIpc) is 3.45. The minimum Gasteiger partial charge on any atom is -0.493 e. The molecule has 2 atom stereocenters. The van der Waals surface area contributed by atoms with Gasteiger partial charge < -0.3 is 23.8 Å². The number of para-hydroxylation sites is 1. The van der Waals surface area contributed by atoms with Crippen molar-refractivity contribution >= 4 is 17.5 Å². The number of benzene rings is 2. The zero-order valence-electron chi connectivity index (χ0n) is 21.7. The molecule has 0 aliphatic carbocycles. The Morgan fingerprint density at radius 3 is 2.70 bits per heavy atom. The molecule has 194 valence electrons. The molecule has 0 spiro atoms. The van der Waals surface area contributed by atoms with Crippen molar-refractivity contribution in [3.05, 3.63) is 71.8 Å². The summed E-state index contributed by atoms with van der Waals surface area (Å²) >= 11 is 0. The summed E-state index contributed by atoms with van der Waals surface area (Å²) in [5.74, 6) is 1.50. The Balaban J connectivity index is 1.52. The number of ether oxygens (including phenoxy) is 2. The van der Waals surface area contributed by atoms with E-state index in [1.54, 1.807) is 31.1 Å². The molecule has 0 fully saturated rings. The summed E-state index contributed by atoms with van der Waals surface area (Å²) in [5, 5.41) is 0. The largest absolute Gasteiger partial charge is 0.493 e. The smallest absolute Gasteiger partial charge is 0.272 e. The molecule has 5 rings (SSSR count). The average molecular weight is 503 g/mol. The molecule has 3 heterocycles. The fourth-order valence-electron chi connectivity index (χ4n) is 5.70. The van der Waals surface area contributed by atoms with Crippen LogP contribution in [0.3, 0.4) is 0 Å². The maximum Gasteiger partial charge on any atom is 0.272 e. The number of aromatic nitrogens is 2. The fraction of sp³-hybridized carbons (Fsp3) is 0.414. The van der Waals surface area contributed by atoms with Crippen molar-refractivity contribution < 1.29 is 19.1 Å². The van der Waals surface area contributed by atoms with E-state index < -0.39 is 0 Å². The fourth-order valence-corrected chi connectivity index (χ4v) is 5.70. The van der Waals surface area contributed by atoms with Gasteiger partial charge in [0.1, 0.15) is 5.69 Å². The highest BCUT2D eigenvalue weighted by Crippen LogP contribution is 2.44. The van der Waals surface area contributed by atoms with E-state index in [1.165, 1.54) is 0 Å². The number of carbonyl (C=O) groups excluding carboxylic acids is 2. The molecule has 2 bridgehead atoms. The molecule has 0 radical (unpaired) electrons. The molecule has 2 amide bonds. The van der Waals surface area contributed by atoms with Gasteiger partial charge >= 0.3 is 0 Å². The number of amides is 2. The number of nitrogens with zero attached hydrogens (tertiary/aromatic N) is 4. The van der Waals surface area contributed by atoms with Crippen LogP contribution < -0.4 is 14.4 Å². The summed E-state index contributed by atoms with van der Waals surface area (Å²) in [6, 6.07) is 14.1. The maximum atomic E-state index is 13.5. The molecule has 8 nitrogen and oxygen atoms in total. The Morgan fingerprint density at radius 2 is 1.95 bits per heavy atom. The first-order valence-corrected chi connectivity index (χ1v) is 12.9. The standard InChI is InChI=1S/C29H34N4O4/c1-20(34)33-24-9-5-4-8-22(24)23-12-14-32(29(35)26-18-30-19-31(26)2)13-6-7-15-37-28-17-21(16-25(23)33)10-11-27(28)36-3/h4-5,8-11,17-19,23,25H,6-7,12-16H2,1-3H3/t23-,25-/m1/s1. The van der Waals surface area contributed by atoms with Crippen LogP contribution in [0.1, 0.15) is 53.7 Å². The molecule has 0 unspecified atom stereocenters. The second-order valence-electron chi connectivity index (χ2n) is 9.84. The highest BCUT2D eigenvalue weighted by Gasteiger charge is 2.40. The number of methoxy groups -OCH3 is 1. The van der Waals surface area contributed by atoms with Gasteiger partial charge in [0.15, 0.2) is 11.5 Å². The third-order valence-corrected chi connectivity index (χ3v) is 7.52. The SMILES string of the molecule is COc1ccc2cc1OCCCCN(C(=O)c1cncn1C)CC[C@@H]1c3ccccc3N(C(C)=O)[C@@H]1C2. The minimum absolute atomic E-state index is 0.0221. The van der Waals surface area contributed by atoms with E-state index in [2.05, 4.69) is 11.1 Å². The van der Waals surface area contributed by atoms with Crippen molar-refractivity contribution in [2.24, 2.45) is 7.05 Å². The van der Waals surface area contributed by atoms with E-state index in [1.807, 2.05) is 53.2 Å². The molecule has 2 aliphatic heterocycles. The molecular formula is C29H34N4O4. The number of aryl methyl sites for hydroxylation is 1. The lowest BCUT2D eigenvalue weighted by molar-refractivity contribution is -0.117. The number of anilines is 1. The number of imidazole rings is 1. The monoisotopic (exact) mass is 502 g/mol. The predicted molar refractivity (Wildman–Crippen MR) is 141 cm³/mol. The molecule has 0 saturated carbocycles. The molecule has 37 heavy (non-hydrogen) atoms. The highest BCUT2D eigenvalue weighted by atomic mass is 16.5. The molecule has 0 saturated heterocycles. The van der Waals surface area contributed by atoms with Gasteiger partial charge in [0.05, 0.1) is 26.2 Å². The number of hydrogen-bond acceptors (Lipinski definition) is 5. The van der Waals surface area contributed by atoms with Gasteiger partial charge in [-0.25, -0.2) is 4.98 Å². The first-order chi connectivity index (χ1) is 18.0. The molecule has 2 aromatic carbocycles. The van der Waals surface area contributed by atoms with E-state index in [0.29, 0.717) is 43.3 Å². The van der Waals surface area contributed by atoms with Crippen molar-refractivity contribution in [1.82, 2.24) is 14.5 Å². The third kappa shape index (κ3) is 4.92. The summed E-state index contributed by atoms with van der Waals surface area (Å²) in [6.45, 7) is 3.38. The normalized spacial score (nSPS) is 19.9. The van der Waals surface area contributed by atoms with Gasteiger partial charge in [-0.1, -0.05) is 24.3 Å². The van der Waals surface area contributed by atoms with E-state index in [-0.39, 0.29) is 23.8 Å². The van der Waals surface area contributed by atoms with Crippen LogP contribution in [-0.4, -0.2) is 59.1 Å². The van der Waals surface area contributed by atoms with E-state index in [0.717, 1.165) is 36.1 Å². The zero-order chi connectivity index (χ0) is 25.9. The molecule has 0 N–H and O–H groups in total. The summed E-state index contributed by atoms with van der Waals surface area (Å²) in [7, 11) is 3.48. The summed E-state index contributed by atoms with van der Waals surface area (Å²) in [6.07, 6.45) is 6.34. The van der Waals surface area contributed by atoms with Crippen molar-refractivity contribution in [3.8, 4) is 11.5 Å². The van der Waals surface area contributed by atoms with Crippen molar-refractivity contribution in [2.75, 3.05) is 31.7 Å². The van der Waals surface area contributed by atoms with E-state index in [4.69, 9.17) is 9.47 Å². The van der Waals surface area contributed by atoms with Crippen LogP contribution in [-0.2, 0) is 18.3 Å². The van der Waals surface area contributed by atoms with Crippen LogP contribution in [0.25, 0.3) is 0 Å². The Hall–Kier alpha value is -3.81. The predicted octanol–water partition coefficient (Wildman–Crippen LogP) is 4.20. The highest BCUT2D eigenvalue weighted by molar-refractivity contribution is 5.95. The summed E-state index contributed by atoms with van der Waals surface area (Å²) < 4.78 is 13.4. The van der Waals surface area contributed by atoms with Gasteiger partial charge in [0.25, 0.3) is 5.91 Å². The van der Waals surface area contributed by atoms with Gasteiger partial charge in [0, 0.05) is 44.7 Å². The van der Waals surface area contributed by atoms with Crippen LogP contribution in [0.4, 0.5) is 5.69 Å². The lowest BCUT2D eigenvalue weighted by atomic mass is 9.87. The minimum atomic E-state index is -0.0623. The Morgan fingerprint density at radius 1 is 1.11 bits per heavy atom. The topological polar surface area (TPSA) is 76.9 Å². The second-order valence-corrected chi connectivity index (χ2v) is 9.84. The van der Waals surface area contributed by atoms with Gasteiger partial charge in [-0.05, 0) is 55.0 Å². The maximum absolute atomic E-state index is 13.5. The lowest BCUT2D eigenvalue weighted by Gasteiger charge is -2.30. The number of hydrogen-bond donors (Lipinski definition) is 0. The second kappa shape index (κ2) is 10.7. The molecule has 1 aromatic heterocycles. The Bertz CT molecular complexity index is 1290. The van der Waals surface area contributed by atoms with Crippen LogP contribution in [0, 0.1) is 0 Å². The molecule has 8 heteroatoms. The summed E-state index contributed by atoms with van der Waals surface area (Å²) in [5.41, 5.74) is 3.78. The Kier molecular flexibility index (Phi) is 7.17. The number of fused-ring (bicyclic) bond motifs is 5. The van der Waals surface area contributed by atoms with Crippen LogP contribution in [0.2, 0.25) is 0 Å². The molecular weight excluding hydrogens is 468 g/mol. The van der Waals surface area contributed by atoms with Gasteiger partial charge in [0.2, 0.25) is 5.91 Å². The first-order valence-electron chi connectivity index (χ1n) is 12.9. The summed E-state index contributed by atoms with van der Waals surface area (Å²) in [4.78, 5) is 34.4. The quantitative estimate of drug-likeness (QED) is 0.525. The van der Waals surface area contributed by atoms with Gasteiger partial charge in [-0.15, -0.1) is 0 Å². The lowest BCUT2D eigenvalue weighted by Crippen LogP contribution is -2.41. The molecule has 3 aromatic rings. The van der Waals surface area contributed by atoms with E-state index >= 15 is 0 Å². The van der Waals surface area contributed by atoms with E-state index in [9.17, 15) is 9.59 Å². The van der Waals surface area contributed by atoms with Crippen molar-refractivity contribution in [2.45, 2.75) is 44.6 Å². The third-order valence-electron chi connectivity index (χ3n) is 7.52.